The molecule has 0 aliphatic heterocycles. The quantitative estimate of drug-likeness (QED) is 0.644. The number of rotatable bonds is 7. The molecular weight excluding hydrogens is 274 g/mol. The zero-order chi connectivity index (χ0) is 12.8. The molecule has 1 heterocycles. The van der Waals surface area contributed by atoms with Crippen molar-refractivity contribution in [2.45, 2.75) is 39.0 Å². The lowest BCUT2D eigenvalue weighted by Gasteiger charge is -2.25. The van der Waals surface area contributed by atoms with Gasteiger partial charge < -0.3 is 4.90 Å². The highest BCUT2D eigenvalue weighted by Gasteiger charge is 2.24. The van der Waals surface area contributed by atoms with Crippen LogP contribution >= 0.6 is 23.7 Å². The average molecular weight is 300 g/mol. The maximum absolute atomic E-state index is 2.54. The molecule has 19 heavy (non-hydrogen) atoms. The Morgan fingerprint density at radius 1 is 1.37 bits per heavy atom. The van der Waals surface area contributed by atoms with E-state index in [0.717, 1.165) is 11.8 Å². The monoisotopic (exact) mass is 299 g/mol. The third-order valence-electron chi connectivity index (χ3n) is 4.13. The maximum atomic E-state index is 2.54. The molecule has 2 unspecified atom stereocenters. The Bertz CT molecular complexity index is 357. The molecule has 0 spiro atoms. The predicted molar refractivity (Wildman–Crippen MR) is 88.6 cm³/mol. The van der Waals surface area contributed by atoms with Crippen LogP contribution in [0, 0.1) is 5.92 Å². The summed E-state index contributed by atoms with van der Waals surface area (Å²) in [6.45, 7) is 8.11. The van der Waals surface area contributed by atoms with Gasteiger partial charge in [-0.1, -0.05) is 32.1 Å². The predicted octanol–water partition coefficient (Wildman–Crippen LogP) is 4.95. The van der Waals surface area contributed by atoms with Crippen molar-refractivity contribution in [2.24, 2.45) is 5.92 Å². The van der Waals surface area contributed by atoms with Crippen molar-refractivity contribution >= 4 is 23.7 Å². The topological polar surface area (TPSA) is 3.24 Å². The highest BCUT2D eigenvalue weighted by Crippen LogP contribution is 2.37. The van der Waals surface area contributed by atoms with E-state index in [4.69, 9.17) is 0 Å². The summed E-state index contributed by atoms with van der Waals surface area (Å²) < 4.78 is 0. The molecule has 2 atom stereocenters. The van der Waals surface area contributed by atoms with Crippen molar-refractivity contribution in [3.63, 3.8) is 0 Å². The fourth-order valence-corrected chi connectivity index (χ4v) is 3.86. The summed E-state index contributed by atoms with van der Waals surface area (Å²) in [7, 11) is 0. The first-order valence-corrected chi connectivity index (χ1v) is 8.15. The Labute approximate surface area is 128 Å². The number of hydrogen-bond acceptors (Lipinski definition) is 2. The molecule has 0 N–H and O–H groups in total. The molecule has 1 aliphatic carbocycles. The van der Waals surface area contributed by atoms with Gasteiger partial charge in [0.05, 0.1) is 0 Å². The van der Waals surface area contributed by atoms with E-state index in [9.17, 15) is 0 Å². The number of allylic oxidation sites excluding steroid dienone is 2. The van der Waals surface area contributed by atoms with Crippen LogP contribution in [0.1, 0.15) is 43.9 Å². The van der Waals surface area contributed by atoms with Crippen LogP contribution in [0.15, 0.2) is 29.7 Å². The van der Waals surface area contributed by atoms with Crippen LogP contribution in [-0.4, -0.2) is 24.5 Å². The van der Waals surface area contributed by atoms with Gasteiger partial charge in [0, 0.05) is 10.8 Å². The van der Waals surface area contributed by atoms with E-state index < -0.39 is 0 Å². The second kappa shape index (κ2) is 8.78. The summed E-state index contributed by atoms with van der Waals surface area (Å²) in [6.07, 6.45) is 8.74. The molecule has 1 aromatic rings. The van der Waals surface area contributed by atoms with E-state index in [1.807, 2.05) is 11.3 Å². The number of thiophene rings is 1. The Morgan fingerprint density at radius 2 is 2.16 bits per heavy atom. The first-order chi connectivity index (χ1) is 8.85. The zero-order valence-electron chi connectivity index (χ0n) is 12.0. The fourth-order valence-electron chi connectivity index (χ4n) is 2.92. The Morgan fingerprint density at radius 3 is 2.68 bits per heavy atom. The minimum Gasteiger partial charge on any atom is -0.304 e. The first-order valence-electron chi connectivity index (χ1n) is 7.27. The molecule has 1 aromatic heterocycles. The minimum atomic E-state index is 0. The van der Waals surface area contributed by atoms with Crippen LogP contribution in [0.5, 0.6) is 0 Å². The Kier molecular flexibility index (Phi) is 7.74. The zero-order valence-corrected chi connectivity index (χ0v) is 13.7. The van der Waals surface area contributed by atoms with E-state index in [1.54, 1.807) is 4.88 Å². The third-order valence-corrected chi connectivity index (χ3v) is 5.13. The van der Waals surface area contributed by atoms with E-state index >= 15 is 0 Å². The van der Waals surface area contributed by atoms with Crippen LogP contribution < -0.4 is 0 Å². The highest BCUT2D eigenvalue weighted by atomic mass is 35.5. The summed E-state index contributed by atoms with van der Waals surface area (Å²) in [4.78, 5) is 4.12. The van der Waals surface area contributed by atoms with Crippen LogP contribution in [0.2, 0.25) is 0 Å². The summed E-state index contributed by atoms with van der Waals surface area (Å²) in [5.41, 5.74) is 0. The normalized spacial score (nSPS) is 19.6. The average Bonchev–Trinajstić information content (AvgIpc) is 3.07. The maximum Gasteiger partial charge on any atom is 0.00825 e. The number of hydrogen-bond donors (Lipinski definition) is 0. The first kappa shape index (κ1) is 16.7. The molecule has 0 fully saturated rings. The molecule has 1 nitrogen and oxygen atoms in total. The van der Waals surface area contributed by atoms with E-state index in [1.165, 1.54) is 38.9 Å². The number of nitrogens with zero attached hydrogens (tertiary/aromatic N) is 1. The fraction of sp³-hybridized carbons (Fsp3) is 0.625. The van der Waals surface area contributed by atoms with Crippen LogP contribution in [0.25, 0.3) is 0 Å². The third kappa shape index (κ3) is 4.62. The van der Waals surface area contributed by atoms with Gasteiger partial charge in [0.1, 0.15) is 0 Å². The standard InChI is InChI=1S/C16H25NS.ClH/c1-3-17(4-2)12-11-15(14-8-5-6-9-14)16-10-7-13-18-16;/h5,7-8,10,13-15H,3-4,6,9,11-12H2,1-2H3;1H. The van der Waals surface area contributed by atoms with Crippen LogP contribution in [0.3, 0.4) is 0 Å². The molecule has 108 valence electrons. The van der Waals surface area contributed by atoms with Gasteiger partial charge in [0.15, 0.2) is 0 Å². The summed E-state index contributed by atoms with van der Waals surface area (Å²) in [5.74, 6) is 1.52. The molecular formula is C16H26ClNS. The van der Waals surface area contributed by atoms with Crippen molar-refractivity contribution < 1.29 is 0 Å². The molecule has 2 rings (SSSR count). The molecule has 1 aliphatic rings. The molecule has 0 saturated carbocycles. The number of halogens is 1. The second-order valence-corrected chi connectivity index (χ2v) is 6.09. The van der Waals surface area contributed by atoms with Crippen LogP contribution in [-0.2, 0) is 0 Å². The highest BCUT2D eigenvalue weighted by molar-refractivity contribution is 7.10. The molecule has 3 heteroatoms. The Hall–Kier alpha value is -0.310. The molecule has 0 saturated heterocycles. The van der Waals surface area contributed by atoms with E-state index in [0.29, 0.717) is 0 Å². The van der Waals surface area contributed by atoms with Crippen LogP contribution in [0.4, 0.5) is 0 Å². The Balaban J connectivity index is 0.00000180. The van der Waals surface area contributed by atoms with Crippen molar-refractivity contribution in [3.8, 4) is 0 Å². The molecule has 0 amide bonds. The second-order valence-electron chi connectivity index (χ2n) is 5.11. The lowest BCUT2D eigenvalue weighted by atomic mass is 9.87. The molecule has 0 aromatic carbocycles. The van der Waals surface area contributed by atoms with Gasteiger partial charge in [-0.3, -0.25) is 0 Å². The summed E-state index contributed by atoms with van der Waals surface area (Å²) >= 11 is 1.93. The van der Waals surface area contributed by atoms with E-state index in [-0.39, 0.29) is 12.4 Å². The molecule has 0 radical (unpaired) electrons. The van der Waals surface area contributed by atoms with E-state index in [2.05, 4.69) is 48.4 Å². The van der Waals surface area contributed by atoms with Gasteiger partial charge in [-0.2, -0.15) is 0 Å². The van der Waals surface area contributed by atoms with Gasteiger partial charge in [-0.25, -0.2) is 0 Å². The lowest BCUT2D eigenvalue weighted by Crippen LogP contribution is -2.26. The van der Waals surface area contributed by atoms with Crippen molar-refractivity contribution in [1.29, 1.82) is 0 Å². The van der Waals surface area contributed by atoms with Crippen molar-refractivity contribution in [1.82, 2.24) is 4.90 Å². The van der Waals surface area contributed by atoms with Crippen molar-refractivity contribution in [3.05, 3.63) is 34.5 Å². The van der Waals surface area contributed by atoms with Gasteiger partial charge in [-0.15, -0.1) is 23.7 Å². The summed E-state index contributed by atoms with van der Waals surface area (Å²) in [6, 6.07) is 4.52. The van der Waals surface area contributed by atoms with Gasteiger partial charge >= 0.3 is 0 Å². The van der Waals surface area contributed by atoms with Crippen molar-refractivity contribution in [2.75, 3.05) is 19.6 Å². The van der Waals surface area contributed by atoms with Gasteiger partial charge in [0.25, 0.3) is 0 Å². The van der Waals surface area contributed by atoms with Gasteiger partial charge in [-0.05, 0) is 56.3 Å². The largest absolute Gasteiger partial charge is 0.304 e. The minimum absolute atomic E-state index is 0. The SMILES string of the molecule is CCN(CC)CCC(c1cccs1)C1C=CCC1.Cl. The smallest absolute Gasteiger partial charge is 0.00825 e. The summed E-state index contributed by atoms with van der Waals surface area (Å²) in [5, 5.41) is 2.22. The molecule has 0 bridgehead atoms. The van der Waals surface area contributed by atoms with Gasteiger partial charge in [0.2, 0.25) is 0 Å². The lowest BCUT2D eigenvalue weighted by molar-refractivity contribution is 0.280.